The SMILES string of the molecule is O=C(NC1=NN=C(C2CC2)[CH]1)c1c(F)cccc1F.[HH]. The van der Waals surface area contributed by atoms with Gasteiger partial charge in [-0.05, 0) is 30.9 Å². The minimum atomic E-state index is -0.903. The summed E-state index contributed by atoms with van der Waals surface area (Å²) in [5.41, 5.74) is 0.197. The lowest BCUT2D eigenvalue weighted by Gasteiger charge is -2.06. The third kappa shape index (κ3) is 2.38. The molecule has 1 aliphatic carbocycles. The lowest BCUT2D eigenvalue weighted by molar-refractivity contribution is 0.0969. The molecule has 0 saturated heterocycles. The Balaban J connectivity index is 0.00000147. The van der Waals surface area contributed by atoms with Gasteiger partial charge in [0.25, 0.3) is 5.91 Å². The van der Waals surface area contributed by atoms with E-state index in [4.69, 9.17) is 0 Å². The molecule has 1 amide bonds. The molecule has 99 valence electrons. The minimum Gasteiger partial charge on any atom is -0.308 e. The highest BCUT2D eigenvalue weighted by Gasteiger charge is 2.31. The van der Waals surface area contributed by atoms with Crippen molar-refractivity contribution in [1.82, 2.24) is 5.32 Å². The predicted octanol–water partition coefficient (Wildman–Crippen LogP) is 2.32. The fraction of sp³-hybridized carbons (Fsp3) is 0.231. The average Bonchev–Trinajstić information content (AvgIpc) is 3.10. The van der Waals surface area contributed by atoms with Crippen molar-refractivity contribution < 1.29 is 15.0 Å². The number of amides is 1. The maximum Gasteiger partial charge on any atom is 0.262 e. The summed E-state index contributed by atoms with van der Waals surface area (Å²) in [6.45, 7) is 0. The van der Waals surface area contributed by atoms with E-state index in [9.17, 15) is 13.6 Å². The first-order valence-corrected chi connectivity index (χ1v) is 5.91. The zero-order valence-corrected chi connectivity index (χ0v) is 9.86. The molecule has 19 heavy (non-hydrogen) atoms. The summed E-state index contributed by atoms with van der Waals surface area (Å²) >= 11 is 0. The van der Waals surface area contributed by atoms with E-state index in [1.54, 1.807) is 6.42 Å². The van der Waals surface area contributed by atoms with Crippen LogP contribution in [0.4, 0.5) is 8.78 Å². The van der Waals surface area contributed by atoms with Crippen LogP contribution in [0.25, 0.3) is 0 Å². The van der Waals surface area contributed by atoms with Crippen molar-refractivity contribution in [2.75, 3.05) is 0 Å². The topological polar surface area (TPSA) is 53.8 Å². The molecule has 1 N–H and O–H groups in total. The largest absolute Gasteiger partial charge is 0.308 e. The number of carbonyl (C=O) groups excluding carboxylic acids is 1. The number of nitrogens with zero attached hydrogens (tertiary/aromatic N) is 2. The van der Waals surface area contributed by atoms with Gasteiger partial charge in [-0.2, -0.15) is 5.10 Å². The Labute approximate surface area is 109 Å². The smallest absolute Gasteiger partial charge is 0.262 e. The van der Waals surface area contributed by atoms with Crippen molar-refractivity contribution in [3.63, 3.8) is 0 Å². The van der Waals surface area contributed by atoms with Crippen LogP contribution in [-0.4, -0.2) is 17.5 Å². The zero-order valence-electron chi connectivity index (χ0n) is 9.86. The molecule has 1 fully saturated rings. The molecule has 0 spiro atoms. The molecular formula is C13H12F2N3O. The maximum atomic E-state index is 13.4. The lowest BCUT2D eigenvalue weighted by atomic mass is 10.1. The molecule has 3 rings (SSSR count). The Kier molecular flexibility index (Phi) is 2.85. The van der Waals surface area contributed by atoms with Crippen LogP contribution in [0, 0.1) is 24.0 Å². The van der Waals surface area contributed by atoms with E-state index in [1.165, 1.54) is 6.07 Å². The summed E-state index contributed by atoms with van der Waals surface area (Å²) in [4.78, 5) is 11.8. The van der Waals surface area contributed by atoms with Crippen LogP contribution in [0.5, 0.6) is 0 Å². The molecule has 1 saturated carbocycles. The Hall–Kier alpha value is -2.11. The summed E-state index contributed by atoms with van der Waals surface area (Å²) in [6.07, 6.45) is 3.76. The van der Waals surface area contributed by atoms with Gasteiger partial charge in [0.2, 0.25) is 0 Å². The quantitative estimate of drug-likeness (QED) is 0.875. The van der Waals surface area contributed by atoms with E-state index in [0.717, 1.165) is 30.7 Å². The number of benzene rings is 1. The number of hydrogen-bond acceptors (Lipinski definition) is 3. The van der Waals surface area contributed by atoms with Gasteiger partial charge in [0.15, 0.2) is 0 Å². The van der Waals surface area contributed by atoms with Gasteiger partial charge in [-0.1, -0.05) is 6.07 Å². The van der Waals surface area contributed by atoms with Gasteiger partial charge in [-0.15, -0.1) is 5.10 Å². The number of nitrogens with one attached hydrogen (secondary N) is 1. The fourth-order valence-electron chi connectivity index (χ4n) is 1.84. The van der Waals surface area contributed by atoms with Crippen LogP contribution in [0.1, 0.15) is 24.6 Å². The molecular weight excluding hydrogens is 252 g/mol. The van der Waals surface area contributed by atoms with Crippen molar-refractivity contribution in [3.8, 4) is 0 Å². The Bertz CT molecular complexity index is 591. The number of amidine groups is 1. The number of hydrogen-bond donors (Lipinski definition) is 1. The molecule has 1 aromatic rings. The van der Waals surface area contributed by atoms with E-state index in [0.29, 0.717) is 5.92 Å². The molecule has 0 bridgehead atoms. The van der Waals surface area contributed by atoms with Crippen molar-refractivity contribution >= 4 is 17.5 Å². The molecule has 6 heteroatoms. The molecule has 0 atom stereocenters. The van der Waals surface area contributed by atoms with Crippen LogP contribution in [0.3, 0.4) is 0 Å². The summed E-state index contributed by atoms with van der Waals surface area (Å²) in [5.74, 6) is -2.05. The standard InChI is InChI=1S/C13H10F2N3O.H2/c14-8-2-1-3-9(15)12(8)13(19)16-11-6-10(17-18-11)7-4-5-7;/h1-3,6-7H,4-5H2,(H,16,18,19);1H. The summed E-state index contributed by atoms with van der Waals surface area (Å²) in [7, 11) is 0. The van der Waals surface area contributed by atoms with E-state index in [1.807, 2.05) is 0 Å². The summed E-state index contributed by atoms with van der Waals surface area (Å²) < 4.78 is 26.8. The van der Waals surface area contributed by atoms with Gasteiger partial charge in [-0.25, -0.2) is 8.78 Å². The molecule has 4 nitrogen and oxygen atoms in total. The first-order valence-electron chi connectivity index (χ1n) is 5.91. The Morgan fingerprint density at radius 2 is 1.95 bits per heavy atom. The number of rotatable bonds is 2. The predicted molar refractivity (Wildman–Crippen MR) is 67.8 cm³/mol. The lowest BCUT2D eigenvalue weighted by Crippen LogP contribution is -2.32. The second-order valence-corrected chi connectivity index (χ2v) is 4.48. The monoisotopic (exact) mass is 264 g/mol. The number of carbonyl (C=O) groups is 1. The van der Waals surface area contributed by atoms with Gasteiger partial charge >= 0.3 is 0 Å². The van der Waals surface area contributed by atoms with Crippen LogP contribution < -0.4 is 5.32 Å². The molecule has 2 aliphatic rings. The van der Waals surface area contributed by atoms with Crippen LogP contribution >= 0.6 is 0 Å². The Morgan fingerprint density at radius 3 is 2.58 bits per heavy atom. The second kappa shape index (κ2) is 4.53. The van der Waals surface area contributed by atoms with Crippen molar-refractivity contribution in [3.05, 3.63) is 41.8 Å². The van der Waals surface area contributed by atoms with Gasteiger partial charge in [0.05, 0.1) is 12.1 Å². The summed E-state index contributed by atoms with van der Waals surface area (Å²) in [5, 5.41) is 10.0. The third-order valence-corrected chi connectivity index (χ3v) is 2.98. The molecule has 1 heterocycles. The number of halogens is 2. The maximum absolute atomic E-state index is 13.4. The van der Waals surface area contributed by atoms with Gasteiger partial charge < -0.3 is 5.32 Å². The third-order valence-electron chi connectivity index (χ3n) is 2.98. The summed E-state index contributed by atoms with van der Waals surface area (Å²) in [6, 6.07) is 3.27. The van der Waals surface area contributed by atoms with Crippen molar-refractivity contribution in [2.45, 2.75) is 12.8 Å². The van der Waals surface area contributed by atoms with Crippen LogP contribution in [-0.2, 0) is 0 Å². The highest BCUT2D eigenvalue weighted by Crippen LogP contribution is 2.32. The Morgan fingerprint density at radius 1 is 1.26 bits per heavy atom. The first kappa shape index (κ1) is 12.0. The molecule has 1 aliphatic heterocycles. The fourth-order valence-corrected chi connectivity index (χ4v) is 1.84. The average molecular weight is 264 g/mol. The second-order valence-electron chi connectivity index (χ2n) is 4.48. The van der Waals surface area contributed by atoms with Gasteiger partial charge in [0, 0.05) is 1.43 Å². The highest BCUT2D eigenvalue weighted by molar-refractivity contribution is 6.23. The molecule has 0 unspecified atom stereocenters. The minimum absolute atomic E-state index is 0. The van der Waals surface area contributed by atoms with Gasteiger partial charge in [-0.3, -0.25) is 4.79 Å². The normalized spacial score (nSPS) is 18.0. The molecule has 1 radical (unpaired) electrons. The molecule has 1 aromatic carbocycles. The van der Waals surface area contributed by atoms with Crippen molar-refractivity contribution in [1.29, 1.82) is 0 Å². The zero-order chi connectivity index (χ0) is 13.4. The molecule has 0 aromatic heterocycles. The van der Waals surface area contributed by atoms with Crippen molar-refractivity contribution in [2.24, 2.45) is 16.1 Å². The van der Waals surface area contributed by atoms with E-state index in [-0.39, 0.29) is 7.26 Å². The van der Waals surface area contributed by atoms with E-state index >= 15 is 0 Å². The van der Waals surface area contributed by atoms with Gasteiger partial charge in [0.1, 0.15) is 23.0 Å². The van der Waals surface area contributed by atoms with Crippen LogP contribution in [0.2, 0.25) is 0 Å². The van der Waals surface area contributed by atoms with E-state index < -0.39 is 23.1 Å². The van der Waals surface area contributed by atoms with E-state index in [2.05, 4.69) is 15.5 Å². The highest BCUT2D eigenvalue weighted by atomic mass is 19.1. The van der Waals surface area contributed by atoms with Crippen LogP contribution in [0.15, 0.2) is 28.4 Å². The first-order chi connectivity index (χ1) is 9.15.